The first-order valence-corrected chi connectivity index (χ1v) is 14.1. The number of aromatic nitrogens is 1. The fraction of sp³-hybridized carbons (Fsp3) is 0.303. The van der Waals surface area contributed by atoms with Gasteiger partial charge in [0.1, 0.15) is 11.5 Å². The van der Waals surface area contributed by atoms with Gasteiger partial charge in [0.25, 0.3) is 0 Å². The maximum atomic E-state index is 13.5. The summed E-state index contributed by atoms with van der Waals surface area (Å²) >= 11 is 0. The van der Waals surface area contributed by atoms with Crippen molar-refractivity contribution in [3.63, 3.8) is 0 Å². The van der Waals surface area contributed by atoms with E-state index in [1.807, 2.05) is 31.2 Å². The summed E-state index contributed by atoms with van der Waals surface area (Å²) in [6, 6.07) is 17.2. The average molecular weight is 571 g/mol. The molecule has 0 spiro atoms. The lowest BCUT2D eigenvalue weighted by Gasteiger charge is -2.06. The van der Waals surface area contributed by atoms with Crippen molar-refractivity contribution in [2.75, 3.05) is 6.61 Å². The number of aryl methyl sites for hydroxylation is 1. The highest BCUT2D eigenvalue weighted by Gasteiger charge is 2.20. The molecular formula is C33H34N2O7. The zero-order valence-electron chi connectivity index (χ0n) is 24.3. The number of carbonyl (C=O) groups excluding carboxylic acids is 4. The van der Waals surface area contributed by atoms with E-state index in [2.05, 4.69) is 16.6 Å². The molecule has 4 aromatic rings. The number of nitrogens with zero attached hydrogens (tertiary/aromatic N) is 2. The summed E-state index contributed by atoms with van der Waals surface area (Å²) in [6.07, 6.45) is 2.24. The standard InChI is InChI=1S/C33H34N2O7/c1-5-8-9-10-28(34-42-21(4)36)32(38)24-14-18-30-27(20-24)26-19-23(13-17-29(26)35(30)6-2)31(37)22-11-15-25(16-12-22)41-33(39)40-7-3/h11-20H,5-10H2,1-4H3. The predicted octanol–water partition coefficient (Wildman–Crippen LogP) is 7.26. The lowest BCUT2D eigenvalue weighted by Crippen LogP contribution is -2.16. The van der Waals surface area contributed by atoms with Gasteiger partial charge in [0.15, 0.2) is 5.78 Å². The first-order valence-electron chi connectivity index (χ1n) is 14.1. The minimum absolute atomic E-state index is 0.198. The van der Waals surface area contributed by atoms with Crippen LogP contribution in [0.25, 0.3) is 21.8 Å². The molecular weight excluding hydrogens is 536 g/mol. The number of hydrogen-bond acceptors (Lipinski definition) is 8. The van der Waals surface area contributed by atoms with Crippen LogP contribution >= 0.6 is 0 Å². The van der Waals surface area contributed by atoms with E-state index in [1.165, 1.54) is 6.92 Å². The monoisotopic (exact) mass is 570 g/mol. The number of ether oxygens (including phenoxy) is 2. The van der Waals surface area contributed by atoms with Crippen molar-refractivity contribution < 1.29 is 33.5 Å². The number of benzene rings is 3. The van der Waals surface area contributed by atoms with E-state index in [0.29, 0.717) is 29.7 Å². The number of unbranched alkanes of at least 4 members (excludes halogenated alkanes) is 2. The van der Waals surface area contributed by atoms with Crippen molar-refractivity contribution in [2.24, 2.45) is 5.16 Å². The van der Waals surface area contributed by atoms with E-state index in [9.17, 15) is 19.2 Å². The third kappa shape index (κ3) is 6.74. The van der Waals surface area contributed by atoms with Gasteiger partial charge in [-0.25, -0.2) is 9.59 Å². The van der Waals surface area contributed by atoms with Crippen LogP contribution in [0.15, 0.2) is 65.8 Å². The van der Waals surface area contributed by atoms with Gasteiger partial charge in [0.05, 0.1) is 6.61 Å². The summed E-state index contributed by atoms with van der Waals surface area (Å²) in [5.41, 5.74) is 3.39. The third-order valence-corrected chi connectivity index (χ3v) is 6.85. The Bertz CT molecular complexity index is 1670. The van der Waals surface area contributed by atoms with E-state index < -0.39 is 12.1 Å². The maximum Gasteiger partial charge on any atom is 0.513 e. The van der Waals surface area contributed by atoms with E-state index >= 15 is 0 Å². The molecule has 9 heteroatoms. The van der Waals surface area contributed by atoms with Gasteiger partial charge in [0, 0.05) is 52.0 Å². The van der Waals surface area contributed by atoms with Crippen LogP contribution in [0, 0.1) is 0 Å². The van der Waals surface area contributed by atoms with Gasteiger partial charge >= 0.3 is 12.1 Å². The second-order valence-corrected chi connectivity index (χ2v) is 9.75. The van der Waals surface area contributed by atoms with Crippen LogP contribution in [0.2, 0.25) is 0 Å². The molecule has 0 saturated carbocycles. The van der Waals surface area contributed by atoms with E-state index in [-0.39, 0.29) is 29.6 Å². The zero-order chi connectivity index (χ0) is 30.2. The molecule has 0 amide bonds. The Hall–Kier alpha value is -4.79. The molecule has 1 heterocycles. The first kappa shape index (κ1) is 30.2. The Kier molecular flexibility index (Phi) is 9.85. The molecule has 0 bridgehead atoms. The highest BCUT2D eigenvalue weighted by molar-refractivity contribution is 6.46. The maximum absolute atomic E-state index is 13.5. The number of carbonyl (C=O) groups is 4. The molecule has 0 unspecified atom stereocenters. The normalized spacial score (nSPS) is 11.5. The summed E-state index contributed by atoms with van der Waals surface area (Å²) < 4.78 is 12.0. The molecule has 0 atom stereocenters. The minimum atomic E-state index is -0.807. The fourth-order valence-electron chi connectivity index (χ4n) is 4.84. The molecule has 3 aromatic carbocycles. The van der Waals surface area contributed by atoms with E-state index in [4.69, 9.17) is 14.3 Å². The van der Waals surface area contributed by atoms with Gasteiger partial charge in [-0.3, -0.25) is 9.59 Å². The van der Waals surface area contributed by atoms with Gasteiger partial charge in [-0.2, -0.15) is 0 Å². The Morgan fingerprint density at radius 1 is 0.786 bits per heavy atom. The first-order chi connectivity index (χ1) is 20.3. The van der Waals surface area contributed by atoms with Crippen LogP contribution in [0.1, 0.15) is 79.7 Å². The fourth-order valence-corrected chi connectivity index (χ4v) is 4.84. The topological polar surface area (TPSA) is 113 Å². The molecule has 42 heavy (non-hydrogen) atoms. The van der Waals surface area contributed by atoms with Crippen LogP contribution in [-0.4, -0.2) is 40.6 Å². The van der Waals surface area contributed by atoms with Gasteiger partial charge in [0.2, 0.25) is 5.78 Å². The number of ketones is 2. The predicted molar refractivity (Wildman–Crippen MR) is 160 cm³/mol. The highest BCUT2D eigenvalue weighted by atomic mass is 16.7. The summed E-state index contributed by atoms with van der Waals surface area (Å²) in [4.78, 5) is 54.7. The Balaban J connectivity index is 1.70. The molecule has 218 valence electrons. The second kappa shape index (κ2) is 13.7. The highest BCUT2D eigenvalue weighted by Crippen LogP contribution is 2.32. The number of fused-ring (bicyclic) bond motifs is 3. The molecule has 1 aromatic heterocycles. The Labute approximate surface area is 244 Å². The lowest BCUT2D eigenvalue weighted by atomic mass is 9.98. The van der Waals surface area contributed by atoms with Gasteiger partial charge in [-0.1, -0.05) is 24.9 Å². The molecule has 4 rings (SSSR count). The molecule has 0 N–H and O–H groups in total. The van der Waals surface area contributed by atoms with Crippen molar-refractivity contribution in [2.45, 2.75) is 59.9 Å². The molecule has 0 fully saturated rings. The SMILES string of the molecule is CCCCCC(=NOC(C)=O)C(=O)c1ccc2c(c1)c1cc(C(=O)c3ccc(OC(=O)OCC)cc3)ccc1n2CC. The van der Waals surface area contributed by atoms with Crippen molar-refractivity contribution in [3.8, 4) is 5.75 Å². The molecule has 0 aliphatic rings. The summed E-state index contributed by atoms with van der Waals surface area (Å²) in [5, 5.41) is 5.53. The van der Waals surface area contributed by atoms with Crippen LogP contribution in [-0.2, 0) is 20.9 Å². The summed E-state index contributed by atoms with van der Waals surface area (Å²) in [6.45, 7) is 7.92. The van der Waals surface area contributed by atoms with Crippen molar-refractivity contribution in [1.29, 1.82) is 0 Å². The van der Waals surface area contributed by atoms with E-state index in [1.54, 1.807) is 43.3 Å². The van der Waals surface area contributed by atoms with Crippen LogP contribution in [0.3, 0.4) is 0 Å². The number of Topliss-reactive ketones (excluding diaryl/α,β-unsaturated/α-hetero) is 1. The smallest absolute Gasteiger partial charge is 0.434 e. The number of oxime groups is 1. The van der Waals surface area contributed by atoms with Crippen LogP contribution in [0.4, 0.5) is 4.79 Å². The zero-order valence-corrected chi connectivity index (χ0v) is 24.3. The Morgan fingerprint density at radius 3 is 2.00 bits per heavy atom. The van der Waals surface area contributed by atoms with Crippen molar-refractivity contribution in [3.05, 3.63) is 77.4 Å². The van der Waals surface area contributed by atoms with Crippen molar-refractivity contribution in [1.82, 2.24) is 4.57 Å². The van der Waals surface area contributed by atoms with Gasteiger partial charge in [-0.05, 0) is 87.4 Å². The van der Waals surface area contributed by atoms with Crippen LogP contribution in [0.5, 0.6) is 5.75 Å². The van der Waals surface area contributed by atoms with Gasteiger partial charge < -0.3 is 18.9 Å². The minimum Gasteiger partial charge on any atom is -0.434 e. The largest absolute Gasteiger partial charge is 0.513 e. The Morgan fingerprint density at radius 2 is 1.40 bits per heavy atom. The van der Waals surface area contributed by atoms with Crippen molar-refractivity contribution >= 4 is 51.2 Å². The quantitative estimate of drug-likeness (QED) is 0.0335. The second-order valence-electron chi connectivity index (χ2n) is 9.75. The lowest BCUT2D eigenvalue weighted by molar-refractivity contribution is -0.140. The average Bonchev–Trinajstić information content (AvgIpc) is 3.30. The summed E-state index contributed by atoms with van der Waals surface area (Å²) in [7, 11) is 0. The number of rotatable bonds is 12. The molecule has 9 nitrogen and oxygen atoms in total. The van der Waals surface area contributed by atoms with Gasteiger partial charge in [-0.15, -0.1) is 0 Å². The molecule has 0 aliphatic carbocycles. The van der Waals surface area contributed by atoms with Crippen LogP contribution < -0.4 is 4.74 Å². The van der Waals surface area contributed by atoms with E-state index in [0.717, 1.165) is 41.1 Å². The number of hydrogen-bond donors (Lipinski definition) is 0. The summed E-state index contributed by atoms with van der Waals surface area (Å²) in [5.74, 6) is -0.814. The third-order valence-electron chi connectivity index (χ3n) is 6.85. The molecule has 0 saturated heterocycles. The molecule has 0 radical (unpaired) electrons. The molecule has 0 aliphatic heterocycles.